The standard InChI is InChI=1S/C14H15BrN2O2/c1-2-5-17-10-16-7-12(17)9-19-14-4-3-11(8-18)6-13(14)15/h3-4,6-8,10H,2,5,9H2,1H3. The van der Waals surface area contributed by atoms with Crippen LogP contribution in [-0.2, 0) is 13.2 Å². The van der Waals surface area contributed by atoms with Gasteiger partial charge < -0.3 is 9.30 Å². The van der Waals surface area contributed by atoms with Crippen molar-refractivity contribution in [2.24, 2.45) is 0 Å². The molecule has 0 aliphatic rings. The molecule has 19 heavy (non-hydrogen) atoms. The zero-order valence-electron chi connectivity index (χ0n) is 10.7. The summed E-state index contributed by atoms with van der Waals surface area (Å²) in [6.07, 6.45) is 5.49. The van der Waals surface area contributed by atoms with Crippen LogP contribution in [0.25, 0.3) is 0 Å². The molecule has 0 unspecified atom stereocenters. The number of benzene rings is 1. The molecule has 2 rings (SSSR count). The highest BCUT2D eigenvalue weighted by Gasteiger charge is 2.06. The number of hydrogen-bond donors (Lipinski definition) is 0. The summed E-state index contributed by atoms with van der Waals surface area (Å²) < 4.78 is 8.60. The number of halogens is 1. The first kappa shape index (κ1) is 13.8. The molecule has 0 bridgehead atoms. The van der Waals surface area contributed by atoms with E-state index in [0.29, 0.717) is 12.2 Å². The lowest BCUT2D eigenvalue weighted by Gasteiger charge is -2.10. The smallest absolute Gasteiger partial charge is 0.150 e. The summed E-state index contributed by atoms with van der Waals surface area (Å²) in [7, 11) is 0. The van der Waals surface area contributed by atoms with Gasteiger partial charge in [-0.25, -0.2) is 4.98 Å². The van der Waals surface area contributed by atoms with Gasteiger partial charge in [-0.05, 0) is 40.5 Å². The Morgan fingerprint density at radius 1 is 1.47 bits per heavy atom. The first-order valence-electron chi connectivity index (χ1n) is 6.11. The Bertz CT molecular complexity index is 566. The average molecular weight is 323 g/mol. The highest BCUT2D eigenvalue weighted by atomic mass is 79.9. The van der Waals surface area contributed by atoms with E-state index in [1.165, 1.54) is 0 Å². The number of imidazole rings is 1. The fraction of sp³-hybridized carbons (Fsp3) is 0.286. The van der Waals surface area contributed by atoms with E-state index in [1.54, 1.807) is 18.2 Å². The highest BCUT2D eigenvalue weighted by molar-refractivity contribution is 9.10. The fourth-order valence-corrected chi connectivity index (χ4v) is 2.28. The Morgan fingerprint density at radius 3 is 3.00 bits per heavy atom. The second-order valence-electron chi connectivity index (χ2n) is 4.17. The number of ether oxygens (including phenoxy) is 1. The number of aldehydes is 1. The van der Waals surface area contributed by atoms with Gasteiger partial charge in [0.05, 0.1) is 22.7 Å². The van der Waals surface area contributed by atoms with Crippen molar-refractivity contribution < 1.29 is 9.53 Å². The van der Waals surface area contributed by atoms with Gasteiger partial charge in [-0.15, -0.1) is 0 Å². The summed E-state index contributed by atoms with van der Waals surface area (Å²) in [5, 5.41) is 0. The van der Waals surface area contributed by atoms with Crippen molar-refractivity contribution in [3.05, 3.63) is 46.5 Å². The zero-order valence-corrected chi connectivity index (χ0v) is 12.3. The number of aromatic nitrogens is 2. The van der Waals surface area contributed by atoms with Crippen molar-refractivity contribution in [2.75, 3.05) is 0 Å². The molecule has 0 aliphatic carbocycles. The minimum atomic E-state index is 0.457. The van der Waals surface area contributed by atoms with Gasteiger partial charge in [0.2, 0.25) is 0 Å². The van der Waals surface area contributed by atoms with E-state index in [4.69, 9.17) is 4.74 Å². The SMILES string of the molecule is CCCn1cncc1COc1ccc(C=O)cc1Br. The molecule has 0 saturated heterocycles. The topological polar surface area (TPSA) is 44.1 Å². The van der Waals surface area contributed by atoms with E-state index in [0.717, 1.165) is 35.2 Å². The van der Waals surface area contributed by atoms with Gasteiger partial charge in [-0.3, -0.25) is 4.79 Å². The number of rotatable bonds is 6. The Hall–Kier alpha value is -1.62. The minimum absolute atomic E-state index is 0.457. The van der Waals surface area contributed by atoms with Crippen LogP contribution in [0.2, 0.25) is 0 Å². The third-order valence-corrected chi connectivity index (χ3v) is 3.35. The fourth-order valence-electron chi connectivity index (χ4n) is 1.77. The summed E-state index contributed by atoms with van der Waals surface area (Å²) in [5.74, 6) is 0.717. The maximum Gasteiger partial charge on any atom is 0.150 e. The van der Waals surface area contributed by atoms with Gasteiger partial charge >= 0.3 is 0 Å². The molecule has 4 nitrogen and oxygen atoms in total. The van der Waals surface area contributed by atoms with Gasteiger partial charge in [0.1, 0.15) is 18.6 Å². The summed E-state index contributed by atoms with van der Waals surface area (Å²) in [6, 6.07) is 5.26. The van der Waals surface area contributed by atoms with Gasteiger partial charge in [0.25, 0.3) is 0 Å². The van der Waals surface area contributed by atoms with Crippen molar-refractivity contribution in [1.82, 2.24) is 9.55 Å². The molecule has 0 atom stereocenters. The molecule has 1 aromatic carbocycles. The van der Waals surface area contributed by atoms with Gasteiger partial charge in [0.15, 0.2) is 0 Å². The summed E-state index contributed by atoms with van der Waals surface area (Å²) in [6.45, 7) is 3.52. The first-order valence-corrected chi connectivity index (χ1v) is 6.90. The Labute approximate surface area is 120 Å². The maximum atomic E-state index is 10.7. The van der Waals surface area contributed by atoms with Crippen LogP contribution < -0.4 is 4.74 Å². The molecule has 0 spiro atoms. The van der Waals surface area contributed by atoms with Gasteiger partial charge in [0, 0.05) is 12.1 Å². The number of hydrogen-bond acceptors (Lipinski definition) is 3. The van der Waals surface area contributed by atoms with Crippen molar-refractivity contribution >= 4 is 22.2 Å². The van der Waals surface area contributed by atoms with E-state index in [9.17, 15) is 4.79 Å². The van der Waals surface area contributed by atoms with Crippen molar-refractivity contribution in [3.63, 3.8) is 0 Å². The van der Waals surface area contributed by atoms with E-state index < -0.39 is 0 Å². The summed E-state index contributed by atoms with van der Waals surface area (Å²) in [4.78, 5) is 14.8. The van der Waals surface area contributed by atoms with Crippen LogP contribution >= 0.6 is 15.9 Å². The Balaban J connectivity index is 2.06. The quantitative estimate of drug-likeness (QED) is 0.765. The van der Waals surface area contributed by atoms with Crippen LogP contribution in [0.3, 0.4) is 0 Å². The first-order chi connectivity index (χ1) is 9.24. The molecule has 2 aromatic rings. The lowest BCUT2D eigenvalue weighted by atomic mass is 10.2. The van der Waals surface area contributed by atoms with Crippen LogP contribution in [0.4, 0.5) is 0 Å². The molecule has 0 aliphatic heterocycles. The average Bonchev–Trinajstić information content (AvgIpc) is 2.85. The Kier molecular flexibility index (Phi) is 4.74. The van der Waals surface area contributed by atoms with E-state index >= 15 is 0 Å². The van der Waals surface area contributed by atoms with Crippen molar-refractivity contribution in [3.8, 4) is 5.75 Å². The van der Waals surface area contributed by atoms with Crippen molar-refractivity contribution in [1.29, 1.82) is 0 Å². The van der Waals surface area contributed by atoms with Gasteiger partial charge in [-0.2, -0.15) is 0 Å². The minimum Gasteiger partial charge on any atom is -0.486 e. The van der Waals surface area contributed by atoms with Crippen LogP contribution in [0.15, 0.2) is 35.2 Å². The third kappa shape index (κ3) is 3.44. The molecule has 0 amide bonds. The predicted octanol–water partition coefficient (Wildman–Crippen LogP) is 3.45. The van der Waals surface area contributed by atoms with Crippen molar-refractivity contribution in [2.45, 2.75) is 26.5 Å². The van der Waals surface area contributed by atoms with E-state index in [-0.39, 0.29) is 0 Å². The highest BCUT2D eigenvalue weighted by Crippen LogP contribution is 2.26. The lowest BCUT2D eigenvalue weighted by Crippen LogP contribution is -2.05. The molecule has 5 heteroatoms. The van der Waals surface area contributed by atoms with Crippen LogP contribution in [-0.4, -0.2) is 15.8 Å². The summed E-state index contributed by atoms with van der Waals surface area (Å²) >= 11 is 3.40. The third-order valence-electron chi connectivity index (χ3n) is 2.73. The molecular formula is C14H15BrN2O2. The van der Waals surface area contributed by atoms with E-state index in [2.05, 4.69) is 32.4 Å². The van der Waals surface area contributed by atoms with E-state index in [1.807, 2.05) is 12.5 Å². The molecule has 0 N–H and O–H groups in total. The lowest BCUT2D eigenvalue weighted by molar-refractivity contribution is 0.112. The molecule has 100 valence electrons. The normalized spacial score (nSPS) is 10.4. The number of carbonyl (C=O) groups is 1. The zero-order chi connectivity index (χ0) is 13.7. The number of nitrogens with zero attached hydrogens (tertiary/aromatic N) is 2. The largest absolute Gasteiger partial charge is 0.486 e. The van der Waals surface area contributed by atoms with Crippen LogP contribution in [0.1, 0.15) is 29.4 Å². The molecule has 1 heterocycles. The molecular weight excluding hydrogens is 308 g/mol. The Morgan fingerprint density at radius 2 is 2.32 bits per heavy atom. The van der Waals surface area contributed by atoms with Crippen LogP contribution in [0.5, 0.6) is 5.75 Å². The molecule has 0 saturated carbocycles. The summed E-state index contributed by atoms with van der Waals surface area (Å²) in [5.41, 5.74) is 1.66. The second kappa shape index (κ2) is 6.52. The van der Waals surface area contributed by atoms with Crippen LogP contribution in [0, 0.1) is 0 Å². The number of aryl methyl sites for hydroxylation is 1. The second-order valence-corrected chi connectivity index (χ2v) is 5.03. The van der Waals surface area contributed by atoms with Gasteiger partial charge in [-0.1, -0.05) is 6.92 Å². The number of carbonyl (C=O) groups excluding carboxylic acids is 1. The molecule has 1 aromatic heterocycles. The maximum absolute atomic E-state index is 10.7. The predicted molar refractivity (Wildman–Crippen MR) is 76.4 cm³/mol. The molecule has 0 fully saturated rings. The molecule has 0 radical (unpaired) electrons. The monoisotopic (exact) mass is 322 g/mol.